The SMILES string of the molecule is O=C([O-])c1ccccc1-c1c2ccc(=O)cc-2oc2ccccc12.[Na+]. The molecule has 0 unspecified atom stereocenters. The fourth-order valence-corrected chi connectivity index (χ4v) is 2.99. The molecule has 0 fully saturated rings. The Kier molecular flexibility index (Phi) is 4.77. The first kappa shape index (κ1) is 17.4. The van der Waals surface area contributed by atoms with Crippen LogP contribution in [0.5, 0.6) is 0 Å². The normalized spacial score (nSPS) is 10.6. The number of benzene rings is 3. The number of para-hydroxylation sites is 1. The maximum Gasteiger partial charge on any atom is 1.00 e. The van der Waals surface area contributed by atoms with Crippen molar-refractivity contribution in [3.63, 3.8) is 0 Å². The number of carbonyl (C=O) groups is 1. The van der Waals surface area contributed by atoms with Gasteiger partial charge in [0, 0.05) is 28.1 Å². The standard InChI is InChI=1S/C20H12O4.Na/c21-12-9-10-16-18(11-12)24-17-8-4-3-7-15(17)19(16)13-5-1-2-6-14(13)20(22)23;/h1-11H,(H,22,23);/q;+1/p-1. The second kappa shape index (κ2) is 6.84. The molecule has 0 amide bonds. The number of hydrogen-bond donors (Lipinski definition) is 0. The van der Waals surface area contributed by atoms with Crippen molar-refractivity contribution >= 4 is 16.9 Å². The monoisotopic (exact) mass is 338 g/mol. The zero-order valence-electron chi connectivity index (χ0n) is 13.5. The van der Waals surface area contributed by atoms with Crippen LogP contribution in [0.3, 0.4) is 0 Å². The van der Waals surface area contributed by atoms with Crippen LogP contribution in [0.2, 0.25) is 0 Å². The number of aromatic carboxylic acids is 1. The molecule has 0 atom stereocenters. The Morgan fingerprint density at radius 3 is 2.40 bits per heavy atom. The van der Waals surface area contributed by atoms with E-state index < -0.39 is 5.97 Å². The van der Waals surface area contributed by atoms with Gasteiger partial charge >= 0.3 is 29.6 Å². The van der Waals surface area contributed by atoms with E-state index in [9.17, 15) is 14.7 Å². The molecule has 25 heavy (non-hydrogen) atoms. The zero-order chi connectivity index (χ0) is 16.7. The Balaban J connectivity index is 0.00000182. The fraction of sp³-hybridized carbons (Fsp3) is 0. The summed E-state index contributed by atoms with van der Waals surface area (Å²) in [4.78, 5) is 23.2. The Hall–Kier alpha value is -2.40. The molecule has 0 aromatic heterocycles. The predicted octanol–water partition coefficient (Wildman–Crippen LogP) is -0.0677. The molecule has 1 aliphatic heterocycles. The molecule has 0 N–H and O–H groups in total. The molecule has 1 heterocycles. The topological polar surface area (TPSA) is 70.3 Å². The van der Waals surface area contributed by atoms with Crippen LogP contribution < -0.4 is 40.1 Å². The summed E-state index contributed by atoms with van der Waals surface area (Å²) < 4.78 is 5.83. The van der Waals surface area contributed by atoms with Crippen molar-refractivity contribution in [1.82, 2.24) is 0 Å². The average Bonchev–Trinajstić information content (AvgIpc) is 2.59. The summed E-state index contributed by atoms with van der Waals surface area (Å²) >= 11 is 0. The van der Waals surface area contributed by atoms with Crippen LogP contribution >= 0.6 is 0 Å². The second-order valence-electron chi connectivity index (χ2n) is 5.46. The van der Waals surface area contributed by atoms with Crippen molar-refractivity contribution in [2.75, 3.05) is 0 Å². The van der Waals surface area contributed by atoms with Crippen molar-refractivity contribution in [1.29, 1.82) is 0 Å². The smallest absolute Gasteiger partial charge is 0.545 e. The van der Waals surface area contributed by atoms with E-state index in [1.807, 2.05) is 18.2 Å². The molecular formula is C20H11NaO4. The van der Waals surface area contributed by atoms with Crippen molar-refractivity contribution < 1.29 is 43.9 Å². The van der Waals surface area contributed by atoms with E-state index in [-0.39, 0.29) is 40.5 Å². The molecule has 2 aromatic rings. The summed E-state index contributed by atoms with van der Waals surface area (Å²) in [6, 6.07) is 18.5. The first-order chi connectivity index (χ1) is 11.6. The van der Waals surface area contributed by atoms with Gasteiger partial charge in [0.1, 0.15) is 11.3 Å². The van der Waals surface area contributed by atoms with Gasteiger partial charge in [-0.3, -0.25) is 4.79 Å². The van der Waals surface area contributed by atoms with Crippen molar-refractivity contribution in [3.05, 3.63) is 82.5 Å². The quantitative estimate of drug-likeness (QED) is 0.379. The molecule has 4 rings (SSSR count). The van der Waals surface area contributed by atoms with E-state index >= 15 is 0 Å². The van der Waals surface area contributed by atoms with Gasteiger partial charge in [-0.25, -0.2) is 0 Å². The van der Waals surface area contributed by atoms with Gasteiger partial charge in [-0.15, -0.1) is 0 Å². The van der Waals surface area contributed by atoms with Gasteiger partial charge in [-0.2, -0.15) is 0 Å². The minimum atomic E-state index is -1.25. The summed E-state index contributed by atoms with van der Waals surface area (Å²) in [5.41, 5.74) is 2.45. The molecule has 0 saturated carbocycles. The van der Waals surface area contributed by atoms with E-state index in [1.165, 1.54) is 18.2 Å². The Bertz CT molecular complexity index is 1110. The van der Waals surface area contributed by atoms with Crippen LogP contribution in [0, 0.1) is 0 Å². The van der Waals surface area contributed by atoms with E-state index in [1.54, 1.807) is 30.3 Å². The van der Waals surface area contributed by atoms with Crippen LogP contribution in [0.1, 0.15) is 10.4 Å². The molecule has 0 saturated heterocycles. The van der Waals surface area contributed by atoms with E-state index in [4.69, 9.17) is 4.42 Å². The maximum atomic E-state index is 11.7. The molecule has 5 heteroatoms. The van der Waals surface area contributed by atoms with Crippen molar-refractivity contribution in [2.24, 2.45) is 0 Å². The van der Waals surface area contributed by atoms with E-state index in [0.717, 1.165) is 5.39 Å². The fourth-order valence-electron chi connectivity index (χ4n) is 2.99. The molecule has 2 aliphatic rings. The third kappa shape index (κ3) is 3.00. The largest absolute Gasteiger partial charge is 1.00 e. The van der Waals surface area contributed by atoms with Crippen molar-refractivity contribution in [3.8, 4) is 22.5 Å². The number of hydrogen-bond acceptors (Lipinski definition) is 4. The van der Waals surface area contributed by atoms with Gasteiger partial charge < -0.3 is 14.3 Å². The Morgan fingerprint density at radius 2 is 1.60 bits per heavy atom. The van der Waals surface area contributed by atoms with Gasteiger partial charge in [-0.1, -0.05) is 42.5 Å². The molecule has 4 nitrogen and oxygen atoms in total. The molecule has 0 bridgehead atoms. The van der Waals surface area contributed by atoms with E-state index in [2.05, 4.69) is 0 Å². The second-order valence-corrected chi connectivity index (χ2v) is 5.46. The summed E-state index contributed by atoms with van der Waals surface area (Å²) in [5, 5.41) is 12.3. The first-order valence-electron chi connectivity index (χ1n) is 7.41. The van der Waals surface area contributed by atoms with E-state index in [0.29, 0.717) is 28.0 Å². The van der Waals surface area contributed by atoms with Gasteiger partial charge in [0.25, 0.3) is 0 Å². The average molecular weight is 338 g/mol. The summed E-state index contributed by atoms with van der Waals surface area (Å²) in [6.45, 7) is 0. The van der Waals surface area contributed by atoms with Gasteiger partial charge in [0.2, 0.25) is 0 Å². The van der Waals surface area contributed by atoms with Crippen LogP contribution in [0.25, 0.3) is 33.4 Å². The van der Waals surface area contributed by atoms with Crippen LogP contribution in [-0.2, 0) is 0 Å². The molecule has 116 valence electrons. The van der Waals surface area contributed by atoms with Gasteiger partial charge in [-0.05, 0) is 23.8 Å². The molecule has 1 aliphatic carbocycles. The summed E-state index contributed by atoms with van der Waals surface area (Å²) in [5.74, 6) is -0.826. The van der Waals surface area contributed by atoms with Gasteiger partial charge in [0.15, 0.2) is 5.43 Å². The number of rotatable bonds is 2. The third-order valence-electron chi connectivity index (χ3n) is 4.02. The Labute approximate surface area is 165 Å². The van der Waals surface area contributed by atoms with Crippen molar-refractivity contribution in [2.45, 2.75) is 0 Å². The molecule has 2 aromatic carbocycles. The molecular weight excluding hydrogens is 327 g/mol. The first-order valence-corrected chi connectivity index (χ1v) is 7.41. The van der Waals surface area contributed by atoms with Crippen LogP contribution in [-0.4, -0.2) is 5.97 Å². The molecule has 0 radical (unpaired) electrons. The number of carboxylic acids is 1. The minimum Gasteiger partial charge on any atom is -0.545 e. The van der Waals surface area contributed by atoms with Gasteiger partial charge in [0.05, 0.1) is 5.97 Å². The van der Waals surface area contributed by atoms with Crippen LogP contribution in [0.4, 0.5) is 0 Å². The third-order valence-corrected chi connectivity index (χ3v) is 4.02. The zero-order valence-corrected chi connectivity index (χ0v) is 15.5. The predicted molar refractivity (Wildman–Crippen MR) is 88.9 cm³/mol. The maximum absolute atomic E-state index is 11.7. The minimum absolute atomic E-state index is 0. The Morgan fingerprint density at radius 1 is 0.880 bits per heavy atom. The van der Waals surface area contributed by atoms with Crippen LogP contribution in [0.15, 0.2) is 75.9 Å². The number of carboxylic acid groups (broad SMARTS) is 1. The number of fused-ring (bicyclic) bond motifs is 2. The summed E-state index contributed by atoms with van der Waals surface area (Å²) in [6.07, 6.45) is 0. The summed E-state index contributed by atoms with van der Waals surface area (Å²) in [7, 11) is 0. The number of carbonyl (C=O) groups excluding carboxylic acids is 1. The molecule has 0 spiro atoms.